The Morgan fingerprint density at radius 3 is 0.979 bits per heavy atom. The number of rotatable bonds is 10. The van der Waals surface area contributed by atoms with Crippen LogP contribution in [0.4, 0.5) is 11.4 Å². The van der Waals surface area contributed by atoms with E-state index in [9.17, 15) is 0 Å². The van der Waals surface area contributed by atoms with Gasteiger partial charge in [0.15, 0.2) is 0 Å². The summed E-state index contributed by atoms with van der Waals surface area (Å²) in [5.41, 5.74) is 13.7. The van der Waals surface area contributed by atoms with E-state index in [1.807, 2.05) is 68.4 Å². The largest absolute Gasteiger partial charge is 0.251 e. The van der Waals surface area contributed by atoms with Crippen molar-refractivity contribution in [2.24, 2.45) is 9.98 Å². The van der Waals surface area contributed by atoms with Crippen molar-refractivity contribution in [1.29, 1.82) is 0 Å². The summed E-state index contributed by atoms with van der Waals surface area (Å²) in [6.07, 6.45) is 0. The van der Waals surface area contributed by atoms with E-state index in [-0.39, 0.29) is 0 Å². The second kappa shape index (κ2) is 15.0. The zero-order chi connectivity index (χ0) is 34.5. The van der Waals surface area contributed by atoms with Gasteiger partial charge in [0.25, 0.3) is 0 Å². The van der Waals surface area contributed by atoms with Gasteiger partial charge >= 0.3 is 0 Å². The van der Waals surface area contributed by atoms with Gasteiger partial charge in [-0.05, 0) is 96.2 Å². The minimum atomic E-state index is 0.372. The third-order valence-electron chi connectivity index (χ3n) is 8.76. The Morgan fingerprint density at radius 1 is 0.396 bits per heavy atom. The molecule has 5 heteroatoms. The second-order valence-electron chi connectivity index (χ2n) is 13.8. The maximum Gasteiger partial charge on any atom is 0.0894 e. The zero-order valence-corrected chi connectivity index (χ0v) is 30.2. The van der Waals surface area contributed by atoms with Crippen molar-refractivity contribution < 1.29 is 0 Å². The normalized spacial score (nSPS) is 12.5. The Hall–Kier alpha value is -4.77. The quantitative estimate of drug-likeness (QED) is 0.143. The third-order valence-corrected chi connectivity index (χ3v) is 8.76. The highest BCUT2D eigenvalue weighted by Gasteiger charge is 2.16. The Morgan fingerprint density at radius 2 is 0.667 bits per heavy atom. The Labute approximate surface area is 287 Å². The lowest BCUT2D eigenvalue weighted by molar-refractivity contribution is 0.834. The standard InChI is InChI=1S/C43H49N5/c1-26(2)32-16-11-17-33(27(3)4)42(32)44-30(9)36-20-13-22-38(46-36)40-24-15-25-41(48-40)39-23-14-21-37(47-39)31(10)45-43-34(28(5)6)18-12-19-35(43)29(7)8/h11-29H,1-10H3. The molecule has 0 bridgehead atoms. The lowest BCUT2D eigenvalue weighted by Crippen LogP contribution is -2.03. The van der Waals surface area contributed by atoms with Crippen LogP contribution in [0.3, 0.4) is 0 Å². The average molecular weight is 636 g/mol. The summed E-state index contributed by atoms with van der Waals surface area (Å²) in [4.78, 5) is 25.4. The van der Waals surface area contributed by atoms with Crippen molar-refractivity contribution in [3.63, 3.8) is 0 Å². The molecule has 0 amide bonds. The van der Waals surface area contributed by atoms with Crippen LogP contribution in [-0.4, -0.2) is 26.4 Å². The summed E-state index contributed by atoms with van der Waals surface area (Å²) in [5, 5.41) is 0. The minimum Gasteiger partial charge on any atom is -0.251 e. The van der Waals surface area contributed by atoms with Crippen molar-refractivity contribution in [2.75, 3.05) is 0 Å². The molecule has 0 fully saturated rings. The SMILES string of the molecule is CC(=Nc1c(C(C)C)cccc1C(C)C)c1cccc(-c2cccc(-c3cccc(C(C)=Nc4c(C(C)C)cccc4C(C)C)n3)n2)n1. The summed E-state index contributed by atoms with van der Waals surface area (Å²) in [7, 11) is 0. The highest BCUT2D eigenvalue weighted by atomic mass is 14.9. The predicted molar refractivity (Wildman–Crippen MR) is 204 cm³/mol. The molecule has 5 nitrogen and oxygen atoms in total. The summed E-state index contributed by atoms with van der Waals surface area (Å²) in [6.45, 7) is 21.8. The number of nitrogens with zero attached hydrogens (tertiary/aromatic N) is 5. The van der Waals surface area contributed by atoms with Gasteiger partial charge in [-0.15, -0.1) is 0 Å². The van der Waals surface area contributed by atoms with Crippen LogP contribution in [0.25, 0.3) is 22.8 Å². The first-order valence-corrected chi connectivity index (χ1v) is 17.2. The van der Waals surface area contributed by atoms with Crippen LogP contribution in [0.2, 0.25) is 0 Å². The highest BCUT2D eigenvalue weighted by Crippen LogP contribution is 2.36. The fourth-order valence-corrected chi connectivity index (χ4v) is 6.01. The highest BCUT2D eigenvalue weighted by molar-refractivity contribution is 6.00. The fourth-order valence-electron chi connectivity index (χ4n) is 6.01. The number of aromatic nitrogens is 3. The van der Waals surface area contributed by atoms with Crippen LogP contribution >= 0.6 is 0 Å². The molecule has 2 aromatic carbocycles. The van der Waals surface area contributed by atoms with Crippen molar-refractivity contribution in [3.05, 3.63) is 125 Å². The summed E-state index contributed by atoms with van der Waals surface area (Å²) >= 11 is 0. The number of pyridine rings is 3. The molecule has 0 aliphatic rings. The van der Waals surface area contributed by atoms with Crippen LogP contribution in [0, 0.1) is 0 Å². The zero-order valence-electron chi connectivity index (χ0n) is 30.2. The molecule has 0 aliphatic carbocycles. The first-order valence-electron chi connectivity index (χ1n) is 17.2. The van der Waals surface area contributed by atoms with Gasteiger partial charge < -0.3 is 0 Å². The maximum atomic E-state index is 5.17. The fraction of sp³-hybridized carbons (Fsp3) is 0.326. The van der Waals surface area contributed by atoms with Crippen LogP contribution < -0.4 is 0 Å². The van der Waals surface area contributed by atoms with Crippen molar-refractivity contribution in [2.45, 2.75) is 92.9 Å². The van der Waals surface area contributed by atoms with E-state index in [1.165, 1.54) is 22.3 Å². The number of benzene rings is 2. The molecule has 0 unspecified atom stereocenters. The number of hydrogen-bond acceptors (Lipinski definition) is 5. The Kier molecular flexibility index (Phi) is 10.8. The van der Waals surface area contributed by atoms with E-state index in [0.29, 0.717) is 23.7 Å². The van der Waals surface area contributed by atoms with Crippen LogP contribution in [0.15, 0.2) is 101 Å². The molecule has 0 aliphatic heterocycles. The van der Waals surface area contributed by atoms with Crippen molar-refractivity contribution in [3.8, 4) is 22.8 Å². The van der Waals surface area contributed by atoms with Crippen LogP contribution in [0.1, 0.15) is 127 Å². The first kappa shape index (κ1) is 34.6. The monoisotopic (exact) mass is 635 g/mol. The molecule has 0 radical (unpaired) electrons. The van der Waals surface area contributed by atoms with Gasteiger partial charge in [0, 0.05) is 0 Å². The van der Waals surface area contributed by atoms with E-state index in [0.717, 1.165) is 57.0 Å². The van der Waals surface area contributed by atoms with Gasteiger partial charge in [0.2, 0.25) is 0 Å². The Bertz CT molecular complexity index is 1770. The van der Waals surface area contributed by atoms with E-state index in [4.69, 9.17) is 24.9 Å². The maximum absolute atomic E-state index is 5.17. The third kappa shape index (κ3) is 7.68. The molecular weight excluding hydrogens is 587 g/mol. The minimum absolute atomic E-state index is 0.372. The van der Waals surface area contributed by atoms with Gasteiger partial charge in [-0.2, -0.15) is 0 Å². The molecule has 3 aromatic heterocycles. The molecule has 0 N–H and O–H groups in total. The summed E-state index contributed by atoms with van der Waals surface area (Å²) < 4.78 is 0. The molecule has 3 heterocycles. The lowest BCUT2D eigenvalue weighted by Gasteiger charge is -2.17. The number of hydrogen-bond donors (Lipinski definition) is 0. The van der Waals surface area contributed by atoms with Gasteiger partial charge in [-0.3, -0.25) is 9.98 Å². The predicted octanol–water partition coefficient (Wildman–Crippen LogP) is 12.0. The molecule has 5 rings (SSSR count). The summed E-state index contributed by atoms with van der Waals surface area (Å²) in [6, 6.07) is 31.2. The second-order valence-corrected chi connectivity index (χ2v) is 13.8. The summed E-state index contributed by atoms with van der Waals surface area (Å²) in [5.74, 6) is 1.49. The van der Waals surface area contributed by atoms with Crippen molar-refractivity contribution >= 4 is 22.8 Å². The van der Waals surface area contributed by atoms with E-state index in [1.54, 1.807) is 0 Å². The molecule has 5 aromatic rings. The van der Waals surface area contributed by atoms with Gasteiger partial charge in [0.1, 0.15) is 0 Å². The average Bonchev–Trinajstić information content (AvgIpc) is 3.08. The molecule has 48 heavy (non-hydrogen) atoms. The molecule has 0 saturated carbocycles. The van der Waals surface area contributed by atoms with Crippen molar-refractivity contribution in [1.82, 2.24) is 15.0 Å². The van der Waals surface area contributed by atoms with Gasteiger partial charge in [0.05, 0.1) is 57.0 Å². The van der Waals surface area contributed by atoms with E-state index in [2.05, 4.69) is 91.8 Å². The van der Waals surface area contributed by atoms with Gasteiger partial charge in [-0.1, -0.05) is 110 Å². The topological polar surface area (TPSA) is 63.4 Å². The van der Waals surface area contributed by atoms with Gasteiger partial charge in [-0.25, -0.2) is 15.0 Å². The van der Waals surface area contributed by atoms with Crippen LogP contribution in [0.5, 0.6) is 0 Å². The molecule has 0 spiro atoms. The number of aliphatic imine (C=N–C) groups is 2. The van der Waals surface area contributed by atoms with E-state index < -0.39 is 0 Å². The molecule has 0 saturated heterocycles. The van der Waals surface area contributed by atoms with E-state index >= 15 is 0 Å². The lowest BCUT2D eigenvalue weighted by atomic mass is 9.93. The Balaban J connectivity index is 1.48. The number of para-hydroxylation sites is 2. The first-order chi connectivity index (χ1) is 22.9. The smallest absolute Gasteiger partial charge is 0.0894 e. The molecular formula is C43H49N5. The molecule has 246 valence electrons. The van der Waals surface area contributed by atoms with Crippen LogP contribution in [-0.2, 0) is 0 Å². The molecule has 0 atom stereocenters.